The van der Waals surface area contributed by atoms with E-state index in [4.69, 9.17) is 9.47 Å². The Labute approximate surface area is 211 Å². The predicted molar refractivity (Wildman–Crippen MR) is 143 cm³/mol. The van der Waals surface area contributed by atoms with E-state index in [0.29, 0.717) is 22.9 Å². The first-order valence-corrected chi connectivity index (χ1v) is 12.6. The van der Waals surface area contributed by atoms with Gasteiger partial charge >= 0.3 is 0 Å². The molecular formula is C28H34N4O4. The lowest BCUT2D eigenvalue weighted by atomic mass is 9.94. The first-order chi connectivity index (χ1) is 17.4. The first kappa shape index (κ1) is 24.3. The number of nitrogens with one attached hydrogen (secondary N) is 2. The number of morpholine rings is 1. The number of hydrogen-bond acceptors (Lipinski definition) is 6. The van der Waals surface area contributed by atoms with E-state index in [0.717, 1.165) is 62.3 Å². The Morgan fingerprint density at radius 3 is 2.53 bits per heavy atom. The number of methoxy groups -OCH3 is 1. The number of ether oxygens (including phenoxy) is 2. The van der Waals surface area contributed by atoms with Crippen LogP contribution in [0.4, 0.5) is 11.4 Å². The molecule has 1 aliphatic carbocycles. The van der Waals surface area contributed by atoms with Crippen molar-refractivity contribution in [2.75, 3.05) is 57.7 Å². The van der Waals surface area contributed by atoms with Gasteiger partial charge in [-0.25, -0.2) is 0 Å². The van der Waals surface area contributed by atoms with Crippen LogP contribution in [0.3, 0.4) is 0 Å². The fraction of sp³-hybridized carbons (Fsp3) is 0.429. The second-order valence-electron chi connectivity index (χ2n) is 9.91. The number of carbonyl (C=O) groups is 1. The largest absolute Gasteiger partial charge is 0.497 e. The van der Waals surface area contributed by atoms with E-state index in [9.17, 15) is 9.59 Å². The van der Waals surface area contributed by atoms with Crippen LogP contribution in [0.5, 0.6) is 5.75 Å². The second-order valence-corrected chi connectivity index (χ2v) is 9.91. The molecule has 2 aliphatic rings. The van der Waals surface area contributed by atoms with Crippen molar-refractivity contribution in [2.24, 2.45) is 0 Å². The van der Waals surface area contributed by atoms with Crippen molar-refractivity contribution in [3.05, 3.63) is 63.9 Å². The maximum atomic E-state index is 13.2. The molecule has 0 spiro atoms. The summed E-state index contributed by atoms with van der Waals surface area (Å²) in [6, 6.07) is 13.4. The summed E-state index contributed by atoms with van der Waals surface area (Å²) >= 11 is 0. The average molecular weight is 491 g/mol. The lowest BCUT2D eigenvalue weighted by Gasteiger charge is -2.28. The zero-order chi connectivity index (χ0) is 25.2. The number of amides is 1. The zero-order valence-corrected chi connectivity index (χ0v) is 21.2. The third kappa shape index (κ3) is 4.96. The van der Waals surface area contributed by atoms with Crippen LogP contribution in [0.1, 0.15) is 41.2 Å². The van der Waals surface area contributed by atoms with Gasteiger partial charge in [0.05, 0.1) is 25.8 Å². The van der Waals surface area contributed by atoms with E-state index in [1.165, 1.54) is 6.07 Å². The minimum Gasteiger partial charge on any atom is -0.497 e. The Morgan fingerprint density at radius 2 is 1.86 bits per heavy atom. The van der Waals surface area contributed by atoms with Crippen molar-refractivity contribution in [1.82, 2.24) is 9.88 Å². The van der Waals surface area contributed by atoms with Crippen LogP contribution in [0.2, 0.25) is 0 Å². The van der Waals surface area contributed by atoms with Crippen molar-refractivity contribution in [1.29, 1.82) is 0 Å². The number of aromatic nitrogens is 1. The van der Waals surface area contributed by atoms with Crippen LogP contribution in [-0.2, 0) is 4.74 Å². The van der Waals surface area contributed by atoms with Gasteiger partial charge in [-0.05, 0) is 81.2 Å². The average Bonchev–Trinajstić information content (AvgIpc) is 3.40. The number of nitrogens with zero attached hydrogens (tertiary/aromatic N) is 2. The number of fused-ring (bicyclic) bond motifs is 1. The molecule has 0 radical (unpaired) electrons. The van der Waals surface area contributed by atoms with Crippen LogP contribution in [0.25, 0.3) is 10.9 Å². The quantitative estimate of drug-likeness (QED) is 0.546. The van der Waals surface area contributed by atoms with Gasteiger partial charge in [-0.1, -0.05) is 0 Å². The van der Waals surface area contributed by atoms with E-state index in [-0.39, 0.29) is 22.9 Å². The Hall–Kier alpha value is -3.36. The molecule has 1 saturated carbocycles. The molecule has 1 aromatic heterocycles. The van der Waals surface area contributed by atoms with Crippen molar-refractivity contribution < 1.29 is 14.3 Å². The molecule has 0 bridgehead atoms. The monoisotopic (exact) mass is 490 g/mol. The fourth-order valence-corrected chi connectivity index (χ4v) is 5.40. The number of hydrogen-bond donors (Lipinski definition) is 2. The molecule has 2 aromatic carbocycles. The molecule has 2 fully saturated rings. The summed E-state index contributed by atoms with van der Waals surface area (Å²) in [6.45, 7) is 3.15. The minimum atomic E-state index is -0.340. The summed E-state index contributed by atoms with van der Waals surface area (Å²) in [6.07, 6.45) is 3.13. The fourth-order valence-electron chi connectivity index (χ4n) is 5.40. The Kier molecular flexibility index (Phi) is 6.98. The highest BCUT2D eigenvalue weighted by atomic mass is 16.5. The Morgan fingerprint density at radius 1 is 1.11 bits per heavy atom. The summed E-state index contributed by atoms with van der Waals surface area (Å²) in [5.41, 5.74) is 3.59. The molecule has 2 atom stereocenters. The van der Waals surface area contributed by atoms with Gasteiger partial charge in [-0.15, -0.1) is 0 Å². The third-order valence-corrected chi connectivity index (χ3v) is 7.50. The van der Waals surface area contributed by atoms with Gasteiger partial charge < -0.3 is 29.6 Å². The van der Waals surface area contributed by atoms with Crippen molar-refractivity contribution >= 4 is 28.2 Å². The molecule has 8 heteroatoms. The Balaban J connectivity index is 1.42. The van der Waals surface area contributed by atoms with E-state index < -0.39 is 0 Å². The molecule has 2 heterocycles. The maximum Gasteiger partial charge on any atom is 0.272 e. The van der Waals surface area contributed by atoms with Gasteiger partial charge in [-0.3, -0.25) is 9.59 Å². The third-order valence-electron chi connectivity index (χ3n) is 7.50. The van der Waals surface area contributed by atoms with Crippen LogP contribution in [-0.4, -0.2) is 69.3 Å². The molecule has 1 aliphatic heterocycles. The molecule has 1 saturated heterocycles. The molecule has 5 rings (SSSR count). The number of H-pyrrole nitrogens is 1. The van der Waals surface area contributed by atoms with E-state index in [1.54, 1.807) is 13.2 Å². The number of carbonyl (C=O) groups excluding carboxylic acids is 1. The molecule has 190 valence electrons. The van der Waals surface area contributed by atoms with Gasteiger partial charge in [0.2, 0.25) is 0 Å². The second kappa shape index (κ2) is 10.3. The van der Waals surface area contributed by atoms with Crippen molar-refractivity contribution in [2.45, 2.75) is 31.2 Å². The first-order valence-electron chi connectivity index (χ1n) is 12.6. The van der Waals surface area contributed by atoms with Gasteiger partial charge in [-0.2, -0.15) is 0 Å². The van der Waals surface area contributed by atoms with Gasteiger partial charge in [0.1, 0.15) is 11.4 Å². The highest BCUT2D eigenvalue weighted by Gasteiger charge is 2.29. The van der Waals surface area contributed by atoms with Crippen LogP contribution >= 0.6 is 0 Å². The van der Waals surface area contributed by atoms with Gasteiger partial charge in [0.15, 0.2) is 5.43 Å². The molecule has 1 unspecified atom stereocenters. The van der Waals surface area contributed by atoms with E-state index in [2.05, 4.69) is 34.2 Å². The van der Waals surface area contributed by atoms with Gasteiger partial charge in [0.25, 0.3) is 5.91 Å². The summed E-state index contributed by atoms with van der Waals surface area (Å²) < 4.78 is 10.9. The predicted octanol–water partition coefficient (Wildman–Crippen LogP) is 3.82. The van der Waals surface area contributed by atoms with Crippen molar-refractivity contribution in [3.63, 3.8) is 0 Å². The molecule has 8 nitrogen and oxygen atoms in total. The lowest BCUT2D eigenvalue weighted by molar-refractivity contribution is 0.102. The molecule has 3 aromatic rings. The number of pyridine rings is 1. The molecule has 2 N–H and O–H groups in total. The highest BCUT2D eigenvalue weighted by molar-refractivity contribution is 6.04. The SMILES string of the molecule is COc1cc(C2CC[C@@H](N(C)C)C2)c2[nH]c(C(=O)Nc3ccc(N4CCOCC4)cc3)cc(=O)c2c1. The Bertz CT molecular complexity index is 1300. The normalized spacial score (nSPS) is 20.2. The number of rotatable bonds is 6. The number of anilines is 2. The van der Waals surface area contributed by atoms with Crippen LogP contribution in [0.15, 0.2) is 47.3 Å². The van der Waals surface area contributed by atoms with Crippen LogP contribution < -0.4 is 20.4 Å². The van der Waals surface area contributed by atoms with E-state index in [1.807, 2.05) is 30.3 Å². The van der Waals surface area contributed by atoms with E-state index >= 15 is 0 Å². The number of benzene rings is 2. The summed E-state index contributed by atoms with van der Waals surface area (Å²) in [7, 11) is 5.83. The maximum absolute atomic E-state index is 13.2. The summed E-state index contributed by atoms with van der Waals surface area (Å²) in [4.78, 5) is 34.1. The highest BCUT2D eigenvalue weighted by Crippen LogP contribution is 2.40. The zero-order valence-electron chi connectivity index (χ0n) is 21.2. The standard InChI is InChI=1S/C28H34N4O4/c1-31(2)21-7-4-18(14-21)23-15-22(35-3)16-24-26(33)17-25(30-27(23)24)28(34)29-19-5-8-20(9-6-19)32-10-12-36-13-11-32/h5-6,8-9,15-18,21H,4,7,10-14H2,1-3H3,(H,29,34)(H,30,33)/t18?,21-/m1/s1. The van der Waals surface area contributed by atoms with Gasteiger partial charge in [0, 0.05) is 42.0 Å². The molecule has 1 amide bonds. The smallest absolute Gasteiger partial charge is 0.272 e. The number of aromatic amines is 1. The lowest BCUT2D eigenvalue weighted by Crippen LogP contribution is -2.36. The minimum absolute atomic E-state index is 0.195. The van der Waals surface area contributed by atoms with Crippen molar-refractivity contribution in [3.8, 4) is 5.75 Å². The summed E-state index contributed by atoms with van der Waals surface area (Å²) in [5, 5.41) is 3.48. The topological polar surface area (TPSA) is 86.9 Å². The molecular weight excluding hydrogens is 456 g/mol. The summed E-state index contributed by atoms with van der Waals surface area (Å²) in [5.74, 6) is 0.609. The molecule has 36 heavy (non-hydrogen) atoms. The van der Waals surface area contributed by atoms with Crippen LogP contribution in [0, 0.1) is 0 Å².